The van der Waals surface area contributed by atoms with E-state index in [1.54, 1.807) is 17.0 Å². The Balaban J connectivity index is 0.00000225. The van der Waals surface area contributed by atoms with Crippen LogP contribution >= 0.6 is 12.4 Å². The zero-order valence-electron chi connectivity index (χ0n) is 13.9. The molecule has 0 aliphatic carbocycles. The molecule has 0 bridgehead atoms. The summed E-state index contributed by atoms with van der Waals surface area (Å²) in [6.07, 6.45) is 2.43. The topological polar surface area (TPSA) is 88.3 Å². The number of benzene rings is 1. The third-order valence-corrected chi connectivity index (χ3v) is 4.16. The van der Waals surface area contributed by atoms with Crippen LogP contribution in [-0.4, -0.2) is 27.7 Å². The van der Waals surface area contributed by atoms with E-state index in [1.807, 2.05) is 31.2 Å². The quantitative estimate of drug-likeness (QED) is 0.876. The van der Waals surface area contributed by atoms with Gasteiger partial charge in [0.15, 0.2) is 0 Å². The molecule has 2 heterocycles. The molecule has 1 saturated heterocycles. The van der Waals surface area contributed by atoms with Gasteiger partial charge in [0, 0.05) is 13.0 Å². The maximum absolute atomic E-state index is 12.5. The first-order chi connectivity index (χ1) is 11.5. The standard InChI is InChI=1S/C18H20N4O2.ClH/c1-12-2-4-13(5-3-12)11-22-15(7-9-17(22)23)18(24)21-14-6-8-16(19)20-10-14;/h2-6,8,10,15H,7,9,11H2,1H3,(H2,19,20)(H,21,24);1H. The van der Waals surface area contributed by atoms with Gasteiger partial charge < -0.3 is 16.0 Å². The number of hydrogen-bond donors (Lipinski definition) is 2. The van der Waals surface area contributed by atoms with E-state index in [4.69, 9.17) is 5.73 Å². The highest BCUT2D eigenvalue weighted by atomic mass is 35.5. The van der Waals surface area contributed by atoms with Gasteiger partial charge in [-0.1, -0.05) is 29.8 Å². The third-order valence-electron chi connectivity index (χ3n) is 4.16. The van der Waals surface area contributed by atoms with Crippen LogP contribution in [0, 0.1) is 6.92 Å². The van der Waals surface area contributed by atoms with Gasteiger partial charge in [-0.15, -0.1) is 12.4 Å². The number of hydrogen-bond acceptors (Lipinski definition) is 4. The predicted octanol–water partition coefficient (Wildman–Crippen LogP) is 2.52. The molecule has 3 N–H and O–H groups in total. The van der Waals surface area contributed by atoms with Crippen molar-refractivity contribution in [2.75, 3.05) is 11.1 Å². The fourth-order valence-corrected chi connectivity index (χ4v) is 2.80. The largest absolute Gasteiger partial charge is 0.384 e. The lowest BCUT2D eigenvalue weighted by Crippen LogP contribution is -2.41. The summed E-state index contributed by atoms with van der Waals surface area (Å²) in [4.78, 5) is 30.3. The predicted molar refractivity (Wildman–Crippen MR) is 99.3 cm³/mol. The van der Waals surface area contributed by atoms with Crippen molar-refractivity contribution in [1.29, 1.82) is 0 Å². The molecule has 6 nitrogen and oxygen atoms in total. The molecule has 1 fully saturated rings. The molecule has 0 saturated carbocycles. The summed E-state index contributed by atoms with van der Waals surface area (Å²) in [5, 5.41) is 2.81. The van der Waals surface area contributed by atoms with Crippen LogP contribution in [0.4, 0.5) is 11.5 Å². The molecule has 0 spiro atoms. The first kappa shape index (κ1) is 18.7. The maximum Gasteiger partial charge on any atom is 0.247 e. The van der Waals surface area contributed by atoms with Gasteiger partial charge in [-0.3, -0.25) is 9.59 Å². The van der Waals surface area contributed by atoms with E-state index < -0.39 is 6.04 Å². The highest BCUT2D eigenvalue weighted by molar-refractivity contribution is 5.98. The molecule has 1 aliphatic heterocycles. The summed E-state index contributed by atoms with van der Waals surface area (Å²) >= 11 is 0. The van der Waals surface area contributed by atoms with Gasteiger partial charge in [0.2, 0.25) is 11.8 Å². The first-order valence-corrected chi connectivity index (χ1v) is 7.90. The molecule has 7 heteroatoms. The second-order valence-electron chi connectivity index (χ2n) is 6.02. The first-order valence-electron chi connectivity index (χ1n) is 7.90. The minimum atomic E-state index is -0.462. The van der Waals surface area contributed by atoms with E-state index in [1.165, 1.54) is 6.20 Å². The number of aryl methyl sites for hydroxylation is 1. The second-order valence-corrected chi connectivity index (χ2v) is 6.02. The molecular weight excluding hydrogens is 340 g/mol. The van der Waals surface area contributed by atoms with Gasteiger partial charge in [0.05, 0.1) is 11.9 Å². The highest BCUT2D eigenvalue weighted by Crippen LogP contribution is 2.23. The van der Waals surface area contributed by atoms with Gasteiger partial charge >= 0.3 is 0 Å². The van der Waals surface area contributed by atoms with Gasteiger partial charge in [0.25, 0.3) is 0 Å². The Morgan fingerprint density at radius 1 is 1.28 bits per heavy atom. The van der Waals surface area contributed by atoms with Crippen LogP contribution in [0.1, 0.15) is 24.0 Å². The lowest BCUT2D eigenvalue weighted by Gasteiger charge is -2.24. The smallest absolute Gasteiger partial charge is 0.247 e. The summed E-state index contributed by atoms with van der Waals surface area (Å²) in [7, 11) is 0. The Kier molecular flexibility index (Phi) is 5.98. The van der Waals surface area contributed by atoms with Crippen molar-refractivity contribution >= 4 is 35.7 Å². The number of carbonyl (C=O) groups is 2. The molecule has 1 aromatic heterocycles. The van der Waals surface area contributed by atoms with Crippen molar-refractivity contribution in [3.63, 3.8) is 0 Å². The molecule has 0 radical (unpaired) electrons. The van der Waals surface area contributed by atoms with E-state index in [0.717, 1.165) is 11.1 Å². The Bertz CT molecular complexity index is 747. The molecule has 132 valence electrons. The number of carbonyl (C=O) groups excluding carboxylic acids is 2. The highest BCUT2D eigenvalue weighted by Gasteiger charge is 2.35. The molecular formula is C18H21ClN4O2. The minimum absolute atomic E-state index is 0. The van der Waals surface area contributed by atoms with Crippen LogP contribution in [0.5, 0.6) is 0 Å². The molecule has 1 aromatic carbocycles. The number of aromatic nitrogens is 1. The monoisotopic (exact) mass is 360 g/mol. The van der Waals surface area contributed by atoms with Crippen LogP contribution in [0.2, 0.25) is 0 Å². The van der Waals surface area contributed by atoms with Crippen LogP contribution in [-0.2, 0) is 16.1 Å². The lowest BCUT2D eigenvalue weighted by atomic mass is 10.1. The van der Waals surface area contributed by atoms with E-state index in [-0.39, 0.29) is 24.2 Å². The number of amides is 2. The van der Waals surface area contributed by atoms with Crippen molar-refractivity contribution in [3.8, 4) is 0 Å². The Morgan fingerprint density at radius 2 is 2.00 bits per heavy atom. The molecule has 3 rings (SSSR count). The number of nitrogens with one attached hydrogen (secondary N) is 1. The summed E-state index contributed by atoms with van der Waals surface area (Å²) in [6.45, 7) is 2.46. The number of rotatable bonds is 4. The fourth-order valence-electron chi connectivity index (χ4n) is 2.80. The van der Waals surface area contributed by atoms with Gasteiger partial charge in [-0.05, 0) is 31.0 Å². The Labute approximate surface area is 152 Å². The van der Waals surface area contributed by atoms with Crippen molar-refractivity contribution < 1.29 is 9.59 Å². The molecule has 1 aliphatic rings. The summed E-state index contributed by atoms with van der Waals surface area (Å²) in [6, 6.07) is 10.8. The van der Waals surface area contributed by atoms with Crippen molar-refractivity contribution in [3.05, 3.63) is 53.7 Å². The maximum atomic E-state index is 12.5. The van der Waals surface area contributed by atoms with E-state index in [9.17, 15) is 9.59 Å². The normalized spacial score (nSPS) is 16.4. The van der Waals surface area contributed by atoms with Crippen molar-refractivity contribution in [2.45, 2.75) is 32.4 Å². The molecule has 2 amide bonds. The zero-order chi connectivity index (χ0) is 17.1. The van der Waals surface area contributed by atoms with Crippen LogP contribution in [0.25, 0.3) is 0 Å². The molecule has 25 heavy (non-hydrogen) atoms. The number of pyridine rings is 1. The number of nitrogen functional groups attached to an aromatic ring is 1. The SMILES string of the molecule is Cc1ccc(CN2C(=O)CCC2C(=O)Nc2ccc(N)nc2)cc1.Cl. The second kappa shape index (κ2) is 7.98. The average Bonchev–Trinajstić information content (AvgIpc) is 2.93. The van der Waals surface area contributed by atoms with E-state index >= 15 is 0 Å². The number of anilines is 2. The minimum Gasteiger partial charge on any atom is -0.384 e. The van der Waals surface area contributed by atoms with Crippen LogP contribution in [0.15, 0.2) is 42.6 Å². The molecule has 1 unspecified atom stereocenters. The lowest BCUT2D eigenvalue weighted by molar-refractivity contribution is -0.133. The van der Waals surface area contributed by atoms with Crippen LogP contribution in [0.3, 0.4) is 0 Å². The number of nitrogens with two attached hydrogens (primary N) is 1. The van der Waals surface area contributed by atoms with E-state index in [0.29, 0.717) is 30.9 Å². The number of likely N-dealkylation sites (tertiary alicyclic amines) is 1. The van der Waals surface area contributed by atoms with Gasteiger partial charge in [-0.2, -0.15) is 0 Å². The average molecular weight is 361 g/mol. The number of halogens is 1. The summed E-state index contributed by atoms with van der Waals surface area (Å²) in [5.74, 6) is 0.204. The molecule has 1 atom stereocenters. The Hall–Kier alpha value is -2.60. The van der Waals surface area contributed by atoms with Crippen molar-refractivity contribution in [1.82, 2.24) is 9.88 Å². The van der Waals surface area contributed by atoms with Crippen LogP contribution < -0.4 is 11.1 Å². The summed E-state index contributed by atoms with van der Waals surface area (Å²) in [5.41, 5.74) is 8.29. The third kappa shape index (κ3) is 4.48. The van der Waals surface area contributed by atoms with E-state index in [2.05, 4.69) is 10.3 Å². The van der Waals surface area contributed by atoms with Gasteiger partial charge in [-0.25, -0.2) is 4.98 Å². The Morgan fingerprint density at radius 3 is 2.64 bits per heavy atom. The molecule has 2 aromatic rings. The number of nitrogens with zero attached hydrogens (tertiary/aromatic N) is 2. The fraction of sp³-hybridized carbons (Fsp3) is 0.278. The van der Waals surface area contributed by atoms with Crippen molar-refractivity contribution in [2.24, 2.45) is 0 Å². The zero-order valence-corrected chi connectivity index (χ0v) is 14.8. The summed E-state index contributed by atoms with van der Waals surface area (Å²) < 4.78 is 0. The van der Waals surface area contributed by atoms with Gasteiger partial charge in [0.1, 0.15) is 11.9 Å².